The average molecular weight is 396 g/mol. The van der Waals surface area contributed by atoms with E-state index in [0.717, 1.165) is 28.5 Å². The van der Waals surface area contributed by atoms with Gasteiger partial charge in [0.1, 0.15) is 6.61 Å². The van der Waals surface area contributed by atoms with Crippen LogP contribution in [0.5, 0.6) is 11.5 Å². The number of rotatable bonds is 8. The van der Waals surface area contributed by atoms with E-state index >= 15 is 0 Å². The standard InChI is InChI=1S/C22H25N3O2S/c1-5-25(20-9-6-16(2)7-10-20)23-13-18-8-11-21(22(12-18)26-4)27-14-19-15-28-17(3)24-19/h6-13,15H,5,14H2,1-4H3/b23-13-. The third-order valence-corrected chi connectivity index (χ3v) is 5.03. The SMILES string of the molecule is CCN(/N=C\c1ccc(OCc2csc(C)n2)c(OC)c1)c1ccc(C)cc1. The summed E-state index contributed by atoms with van der Waals surface area (Å²) in [4.78, 5) is 4.42. The Hall–Kier alpha value is -2.86. The second-order valence-corrected chi connectivity index (χ2v) is 7.41. The zero-order valence-electron chi connectivity index (χ0n) is 16.7. The van der Waals surface area contributed by atoms with Crippen LogP contribution in [0.25, 0.3) is 0 Å². The first-order valence-electron chi connectivity index (χ1n) is 9.19. The molecule has 0 aliphatic carbocycles. The molecule has 1 aromatic heterocycles. The van der Waals surface area contributed by atoms with Gasteiger partial charge in [-0.2, -0.15) is 5.10 Å². The molecule has 0 atom stereocenters. The van der Waals surface area contributed by atoms with Crippen LogP contribution in [0.4, 0.5) is 5.69 Å². The highest BCUT2D eigenvalue weighted by atomic mass is 32.1. The molecule has 5 nitrogen and oxygen atoms in total. The third kappa shape index (κ3) is 5.10. The molecule has 0 unspecified atom stereocenters. The number of aromatic nitrogens is 1. The second kappa shape index (κ2) is 9.37. The van der Waals surface area contributed by atoms with Gasteiger partial charge in [-0.05, 0) is 56.7 Å². The topological polar surface area (TPSA) is 47.0 Å². The van der Waals surface area contributed by atoms with Crippen LogP contribution in [0.2, 0.25) is 0 Å². The Balaban J connectivity index is 1.71. The van der Waals surface area contributed by atoms with Gasteiger partial charge >= 0.3 is 0 Å². The van der Waals surface area contributed by atoms with Crippen LogP contribution in [0, 0.1) is 13.8 Å². The molecule has 146 valence electrons. The van der Waals surface area contributed by atoms with Gasteiger partial charge in [0.25, 0.3) is 0 Å². The second-order valence-electron chi connectivity index (χ2n) is 6.35. The van der Waals surface area contributed by atoms with Crippen molar-refractivity contribution in [1.29, 1.82) is 0 Å². The minimum absolute atomic E-state index is 0.422. The number of nitrogens with zero attached hydrogens (tertiary/aromatic N) is 3. The molecule has 0 N–H and O–H groups in total. The van der Waals surface area contributed by atoms with Crippen LogP contribution in [0.15, 0.2) is 52.9 Å². The Bertz CT molecular complexity index is 935. The quantitative estimate of drug-likeness (QED) is 0.388. The van der Waals surface area contributed by atoms with E-state index in [4.69, 9.17) is 9.47 Å². The lowest BCUT2D eigenvalue weighted by Crippen LogP contribution is -2.15. The van der Waals surface area contributed by atoms with Gasteiger partial charge in [0, 0.05) is 11.9 Å². The summed E-state index contributed by atoms with van der Waals surface area (Å²) in [5.41, 5.74) is 4.16. The van der Waals surface area contributed by atoms with E-state index in [1.165, 1.54) is 5.56 Å². The summed E-state index contributed by atoms with van der Waals surface area (Å²) in [5, 5.41) is 9.62. The van der Waals surface area contributed by atoms with Gasteiger partial charge in [0.05, 0.1) is 29.7 Å². The van der Waals surface area contributed by atoms with E-state index in [0.29, 0.717) is 18.1 Å². The fourth-order valence-corrected chi connectivity index (χ4v) is 3.29. The van der Waals surface area contributed by atoms with E-state index in [2.05, 4.69) is 48.2 Å². The van der Waals surface area contributed by atoms with Crippen molar-refractivity contribution >= 4 is 23.2 Å². The molecule has 0 fully saturated rings. The van der Waals surface area contributed by atoms with Crippen molar-refractivity contribution in [1.82, 2.24) is 4.98 Å². The predicted molar refractivity (Wildman–Crippen MR) is 116 cm³/mol. The van der Waals surface area contributed by atoms with E-state index in [1.54, 1.807) is 18.4 Å². The molecule has 0 bridgehead atoms. The number of hydrogen-bond donors (Lipinski definition) is 0. The molecule has 0 saturated carbocycles. The lowest BCUT2D eigenvalue weighted by Gasteiger charge is -2.17. The molecule has 28 heavy (non-hydrogen) atoms. The van der Waals surface area contributed by atoms with E-state index in [-0.39, 0.29) is 0 Å². The van der Waals surface area contributed by atoms with Crippen molar-refractivity contribution in [2.45, 2.75) is 27.4 Å². The average Bonchev–Trinajstić information content (AvgIpc) is 3.13. The van der Waals surface area contributed by atoms with Crippen LogP contribution in [-0.2, 0) is 6.61 Å². The van der Waals surface area contributed by atoms with Gasteiger partial charge in [-0.3, -0.25) is 5.01 Å². The number of ether oxygens (including phenoxy) is 2. The highest BCUT2D eigenvalue weighted by molar-refractivity contribution is 7.09. The van der Waals surface area contributed by atoms with Crippen molar-refractivity contribution in [2.75, 3.05) is 18.7 Å². The van der Waals surface area contributed by atoms with Crippen LogP contribution >= 0.6 is 11.3 Å². The smallest absolute Gasteiger partial charge is 0.161 e. The maximum absolute atomic E-state index is 5.87. The summed E-state index contributed by atoms with van der Waals surface area (Å²) in [5.74, 6) is 1.37. The van der Waals surface area contributed by atoms with Crippen LogP contribution in [-0.4, -0.2) is 24.9 Å². The maximum atomic E-state index is 5.87. The van der Waals surface area contributed by atoms with Crippen LogP contribution < -0.4 is 14.5 Å². The molecule has 0 aliphatic heterocycles. The van der Waals surface area contributed by atoms with Crippen LogP contribution in [0.1, 0.15) is 28.8 Å². The Morgan fingerprint density at radius 2 is 1.89 bits per heavy atom. The summed E-state index contributed by atoms with van der Waals surface area (Å²) >= 11 is 1.62. The molecule has 3 aromatic rings. The number of hydrogen-bond acceptors (Lipinski definition) is 6. The van der Waals surface area contributed by atoms with E-state index in [1.807, 2.05) is 41.7 Å². The van der Waals surface area contributed by atoms with Gasteiger partial charge in [-0.15, -0.1) is 11.3 Å². The Morgan fingerprint density at radius 1 is 1.11 bits per heavy atom. The number of methoxy groups -OCH3 is 1. The summed E-state index contributed by atoms with van der Waals surface area (Å²) in [6.45, 7) is 7.35. The van der Waals surface area contributed by atoms with Crippen molar-refractivity contribution in [3.63, 3.8) is 0 Å². The molecule has 0 amide bonds. The first-order chi connectivity index (χ1) is 13.6. The number of thiazole rings is 1. The molecule has 0 aliphatic rings. The van der Waals surface area contributed by atoms with E-state index < -0.39 is 0 Å². The largest absolute Gasteiger partial charge is 0.493 e. The fourth-order valence-electron chi connectivity index (χ4n) is 2.69. The van der Waals surface area contributed by atoms with Gasteiger partial charge in [-0.25, -0.2) is 4.98 Å². The van der Waals surface area contributed by atoms with Gasteiger partial charge in [-0.1, -0.05) is 17.7 Å². The number of aryl methyl sites for hydroxylation is 2. The summed E-state index contributed by atoms with van der Waals surface area (Å²) in [6.07, 6.45) is 1.83. The molecule has 3 rings (SSSR count). The molecule has 1 heterocycles. The molecule has 0 radical (unpaired) electrons. The zero-order chi connectivity index (χ0) is 19.9. The zero-order valence-corrected chi connectivity index (χ0v) is 17.5. The first kappa shape index (κ1) is 19.9. The predicted octanol–water partition coefficient (Wildman–Crippen LogP) is 5.21. The number of benzene rings is 2. The normalized spacial score (nSPS) is 11.0. The minimum Gasteiger partial charge on any atom is -0.493 e. The van der Waals surface area contributed by atoms with Gasteiger partial charge in [0.15, 0.2) is 11.5 Å². The molecular formula is C22H25N3O2S. The van der Waals surface area contributed by atoms with Crippen molar-refractivity contribution in [3.05, 3.63) is 69.7 Å². The highest BCUT2D eigenvalue weighted by Gasteiger charge is 2.08. The van der Waals surface area contributed by atoms with Gasteiger partial charge in [0.2, 0.25) is 0 Å². The molecule has 0 saturated heterocycles. The number of hydrazone groups is 1. The van der Waals surface area contributed by atoms with E-state index in [9.17, 15) is 0 Å². The van der Waals surface area contributed by atoms with Gasteiger partial charge < -0.3 is 9.47 Å². The minimum atomic E-state index is 0.422. The first-order valence-corrected chi connectivity index (χ1v) is 10.1. The Morgan fingerprint density at radius 3 is 2.54 bits per heavy atom. The van der Waals surface area contributed by atoms with Crippen molar-refractivity contribution < 1.29 is 9.47 Å². The summed E-state index contributed by atoms with van der Waals surface area (Å²) < 4.78 is 11.4. The number of anilines is 1. The lowest BCUT2D eigenvalue weighted by molar-refractivity contribution is 0.281. The Kier molecular flexibility index (Phi) is 6.66. The third-order valence-electron chi connectivity index (χ3n) is 4.21. The molecule has 6 heteroatoms. The Labute approximate surface area is 170 Å². The maximum Gasteiger partial charge on any atom is 0.161 e. The fraction of sp³-hybridized carbons (Fsp3) is 0.273. The molecular weight excluding hydrogens is 370 g/mol. The molecule has 2 aromatic carbocycles. The summed E-state index contributed by atoms with van der Waals surface area (Å²) in [7, 11) is 1.64. The lowest BCUT2D eigenvalue weighted by atomic mass is 10.2. The van der Waals surface area contributed by atoms with Crippen molar-refractivity contribution in [3.8, 4) is 11.5 Å². The summed E-state index contributed by atoms with van der Waals surface area (Å²) in [6, 6.07) is 14.1. The molecule has 0 spiro atoms. The van der Waals surface area contributed by atoms with Crippen molar-refractivity contribution in [2.24, 2.45) is 5.10 Å². The highest BCUT2D eigenvalue weighted by Crippen LogP contribution is 2.28. The monoisotopic (exact) mass is 395 g/mol. The van der Waals surface area contributed by atoms with Crippen LogP contribution in [0.3, 0.4) is 0 Å².